The van der Waals surface area contributed by atoms with Crippen molar-refractivity contribution in [1.29, 1.82) is 0 Å². The Bertz CT molecular complexity index is 546. The number of hydrogen-bond acceptors (Lipinski definition) is 5. The molecule has 0 aromatic carbocycles. The third kappa shape index (κ3) is 3.23. The van der Waals surface area contributed by atoms with E-state index in [0.29, 0.717) is 12.5 Å². The molecule has 0 fully saturated rings. The van der Waals surface area contributed by atoms with Gasteiger partial charge in [-0.2, -0.15) is 0 Å². The van der Waals surface area contributed by atoms with E-state index in [-0.39, 0.29) is 0 Å². The van der Waals surface area contributed by atoms with E-state index in [1.807, 2.05) is 25.2 Å². The number of thiophene rings is 1. The Hall–Kier alpha value is -1.62. The summed E-state index contributed by atoms with van der Waals surface area (Å²) < 4.78 is 5.46. The first kappa shape index (κ1) is 13.8. The van der Waals surface area contributed by atoms with Gasteiger partial charge in [0.05, 0.1) is 18.7 Å². The minimum absolute atomic E-state index is 0.612. The van der Waals surface area contributed by atoms with E-state index < -0.39 is 0 Å². The van der Waals surface area contributed by atoms with Crippen LogP contribution in [0.15, 0.2) is 12.4 Å². The van der Waals surface area contributed by atoms with Crippen LogP contribution in [-0.4, -0.2) is 16.6 Å². The molecule has 0 bridgehead atoms. The largest absolute Gasteiger partial charge is 0.478 e. The summed E-state index contributed by atoms with van der Waals surface area (Å²) in [6, 6.07) is 2.22. The lowest BCUT2D eigenvalue weighted by Crippen LogP contribution is -2.05. The fraction of sp³-hybridized carbons (Fsp3) is 0.429. The van der Waals surface area contributed by atoms with Crippen LogP contribution in [0.25, 0.3) is 0 Å². The number of aryl methyl sites for hydroxylation is 2. The first-order valence-corrected chi connectivity index (χ1v) is 7.17. The molecule has 1 N–H and O–H groups in total. The number of nitrogens with zero attached hydrogens (tertiary/aromatic N) is 2. The Morgan fingerprint density at radius 1 is 1.26 bits per heavy atom. The molecule has 0 aliphatic rings. The molecule has 0 aliphatic heterocycles. The van der Waals surface area contributed by atoms with Crippen LogP contribution >= 0.6 is 11.3 Å². The van der Waals surface area contributed by atoms with Gasteiger partial charge in [-0.25, -0.2) is 9.97 Å². The van der Waals surface area contributed by atoms with Gasteiger partial charge in [-0.15, -0.1) is 11.3 Å². The van der Waals surface area contributed by atoms with Crippen LogP contribution in [0.4, 0.5) is 5.82 Å². The molecule has 0 saturated heterocycles. The maximum absolute atomic E-state index is 5.46. The van der Waals surface area contributed by atoms with Crippen LogP contribution < -0.4 is 10.1 Å². The molecule has 4 nitrogen and oxygen atoms in total. The summed E-state index contributed by atoms with van der Waals surface area (Å²) in [6.45, 7) is 9.60. The van der Waals surface area contributed by atoms with Gasteiger partial charge in [0.1, 0.15) is 12.1 Å². The maximum Gasteiger partial charge on any atom is 0.221 e. The summed E-state index contributed by atoms with van der Waals surface area (Å²) in [4.78, 5) is 11.1. The summed E-state index contributed by atoms with van der Waals surface area (Å²) >= 11 is 1.82. The number of ether oxygens (including phenoxy) is 1. The SMILES string of the molecule is CCOc1ncnc(NCc2cc(C)c(C)s2)c1C. The fourth-order valence-corrected chi connectivity index (χ4v) is 2.80. The Balaban J connectivity index is 2.09. The van der Waals surface area contributed by atoms with Crippen molar-refractivity contribution in [3.8, 4) is 5.88 Å². The molecule has 5 heteroatoms. The minimum atomic E-state index is 0.612. The van der Waals surface area contributed by atoms with Crippen molar-refractivity contribution < 1.29 is 4.74 Å². The molecule has 0 amide bonds. The normalized spacial score (nSPS) is 10.5. The molecule has 19 heavy (non-hydrogen) atoms. The topological polar surface area (TPSA) is 47.0 Å². The summed E-state index contributed by atoms with van der Waals surface area (Å²) in [5.41, 5.74) is 2.30. The van der Waals surface area contributed by atoms with Gasteiger partial charge in [-0.1, -0.05) is 0 Å². The molecule has 0 saturated carbocycles. The van der Waals surface area contributed by atoms with E-state index in [0.717, 1.165) is 17.9 Å². The average molecular weight is 277 g/mol. The van der Waals surface area contributed by atoms with Crippen molar-refractivity contribution in [2.45, 2.75) is 34.2 Å². The number of nitrogens with one attached hydrogen (secondary N) is 1. The highest BCUT2D eigenvalue weighted by Gasteiger charge is 2.08. The van der Waals surface area contributed by atoms with Crippen LogP contribution in [0.1, 0.15) is 27.8 Å². The lowest BCUT2D eigenvalue weighted by molar-refractivity contribution is 0.324. The van der Waals surface area contributed by atoms with Gasteiger partial charge in [0.15, 0.2) is 0 Å². The second-order valence-electron chi connectivity index (χ2n) is 4.39. The molecule has 2 aromatic heterocycles. The quantitative estimate of drug-likeness (QED) is 0.909. The first-order valence-electron chi connectivity index (χ1n) is 6.36. The molecule has 0 spiro atoms. The number of aromatic nitrogens is 2. The fourth-order valence-electron chi connectivity index (χ4n) is 1.80. The average Bonchev–Trinajstić information content (AvgIpc) is 2.70. The summed E-state index contributed by atoms with van der Waals surface area (Å²) in [6.07, 6.45) is 1.53. The third-order valence-electron chi connectivity index (χ3n) is 2.97. The van der Waals surface area contributed by atoms with Gasteiger partial charge in [0.25, 0.3) is 0 Å². The summed E-state index contributed by atoms with van der Waals surface area (Å²) in [5.74, 6) is 1.49. The van der Waals surface area contributed by atoms with E-state index in [2.05, 4.69) is 35.2 Å². The van der Waals surface area contributed by atoms with Crippen LogP contribution in [0.5, 0.6) is 5.88 Å². The summed E-state index contributed by atoms with van der Waals surface area (Å²) in [5, 5.41) is 3.35. The molecule has 0 unspecified atom stereocenters. The second-order valence-corrected chi connectivity index (χ2v) is 5.73. The molecule has 2 heterocycles. The highest BCUT2D eigenvalue weighted by Crippen LogP contribution is 2.24. The van der Waals surface area contributed by atoms with Gasteiger partial charge in [0.2, 0.25) is 5.88 Å². The predicted molar refractivity (Wildman–Crippen MR) is 79.1 cm³/mol. The van der Waals surface area contributed by atoms with Gasteiger partial charge in [-0.05, 0) is 39.3 Å². The van der Waals surface area contributed by atoms with Gasteiger partial charge in [0, 0.05) is 9.75 Å². The van der Waals surface area contributed by atoms with Crippen LogP contribution in [0, 0.1) is 20.8 Å². The molecule has 102 valence electrons. The monoisotopic (exact) mass is 277 g/mol. The molecule has 0 atom stereocenters. The Kier molecular flexibility index (Phi) is 4.37. The zero-order chi connectivity index (χ0) is 13.8. The lowest BCUT2D eigenvalue weighted by Gasteiger charge is -2.10. The van der Waals surface area contributed by atoms with Crippen LogP contribution in [-0.2, 0) is 6.54 Å². The third-order valence-corrected chi connectivity index (χ3v) is 4.12. The van der Waals surface area contributed by atoms with E-state index in [1.165, 1.54) is 21.6 Å². The highest BCUT2D eigenvalue weighted by atomic mass is 32.1. The van der Waals surface area contributed by atoms with Gasteiger partial charge in [-0.3, -0.25) is 0 Å². The van der Waals surface area contributed by atoms with Gasteiger partial charge < -0.3 is 10.1 Å². The standard InChI is InChI=1S/C14H19N3OS/c1-5-18-14-10(3)13(16-8-17-14)15-7-12-6-9(2)11(4)19-12/h6,8H,5,7H2,1-4H3,(H,15,16,17). The Morgan fingerprint density at radius 3 is 2.68 bits per heavy atom. The molecule has 0 radical (unpaired) electrons. The van der Waals surface area contributed by atoms with E-state index in [9.17, 15) is 0 Å². The van der Waals surface area contributed by atoms with Crippen molar-refractivity contribution >= 4 is 17.2 Å². The minimum Gasteiger partial charge on any atom is -0.478 e. The summed E-state index contributed by atoms with van der Waals surface area (Å²) in [7, 11) is 0. The number of rotatable bonds is 5. The smallest absolute Gasteiger partial charge is 0.221 e. The van der Waals surface area contributed by atoms with Crippen LogP contribution in [0.3, 0.4) is 0 Å². The van der Waals surface area contributed by atoms with Gasteiger partial charge >= 0.3 is 0 Å². The molecular formula is C14H19N3OS. The van der Waals surface area contributed by atoms with E-state index in [1.54, 1.807) is 0 Å². The Morgan fingerprint density at radius 2 is 2.05 bits per heavy atom. The van der Waals surface area contributed by atoms with Crippen LogP contribution in [0.2, 0.25) is 0 Å². The second kappa shape index (κ2) is 6.02. The molecular weight excluding hydrogens is 258 g/mol. The molecule has 2 aromatic rings. The predicted octanol–water partition coefficient (Wildman–Crippen LogP) is 3.47. The van der Waals surface area contributed by atoms with Crippen molar-refractivity contribution in [3.05, 3.63) is 33.3 Å². The zero-order valence-corrected chi connectivity index (χ0v) is 12.6. The van der Waals surface area contributed by atoms with Crippen molar-refractivity contribution in [2.75, 3.05) is 11.9 Å². The van der Waals surface area contributed by atoms with Crippen molar-refractivity contribution in [3.63, 3.8) is 0 Å². The number of hydrogen-bond donors (Lipinski definition) is 1. The van der Waals surface area contributed by atoms with E-state index in [4.69, 9.17) is 4.74 Å². The first-order chi connectivity index (χ1) is 9.11. The van der Waals surface area contributed by atoms with Crippen molar-refractivity contribution in [2.24, 2.45) is 0 Å². The molecule has 0 aliphatic carbocycles. The molecule has 2 rings (SSSR count). The maximum atomic E-state index is 5.46. The highest BCUT2D eigenvalue weighted by molar-refractivity contribution is 7.12. The van der Waals surface area contributed by atoms with Crippen molar-refractivity contribution in [1.82, 2.24) is 9.97 Å². The Labute approximate surface area is 117 Å². The zero-order valence-electron chi connectivity index (χ0n) is 11.8. The lowest BCUT2D eigenvalue weighted by atomic mass is 10.3. The van der Waals surface area contributed by atoms with E-state index >= 15 is 0 Å². The number of anilines is 1.